The fourth-order valence-corrected chi connectivity index (χ4v) is 2.81. The topological polar surface area (TPSA) is 129 Å². The standard InChI is InChI=1S/C24H33Cl3N2O8/c1-22(2,3)36-19(31)17(29-21(33)37-23(4,5)6)12-16(28-20(32)35-14-24(25,26)27)18(30)34-13-15-10-8-7-9-11-15/h7-11,16-17H,12-14H2,1-6H3,(H,28,32)(H,29,33)/t16-,17-/m0/s1. The Hall–Kier alpha value is -2.43. The summed E-state index contributed by atoms with van der Waals surface area (Å²) in [6, 6.07) is 5.92. The smallest absolute Gasteiger partial charge is 0.408 e. The molecule has 0 aromatic heterocycles. The van der Waals surface area contributed by atoms with E-state index in [-0.39, 0.29) is 6.61 Å². The number of carbonyl (C=O) groups is 4. The van der Waals surface area contributed by atoms with Gasteiger partial charge in [-0.3, -0.25) is 0 Å². The van der Waals surface area contributed by atoms with Crippen LogP contribution in [-0.4, -0.2) is 57.8 Å². The Labute approximate surface area is 231 Å². The summed E-state index contributed by atoms with van der Waals surface area (Å²) in [5.74, 6) is -1.77. The van der Waals surface area contributed by atoms with E-state index >= 15 is 0 Å². The number of carbonyl (C=O) groups excluding carboxylic acids is 4. The highest BCUT2D eigenvalue weighted by Crippen LogP contribution is 2.26. The van der Waals surface area contributed by atoms with Crippen molar-refractivity contribution in [2.45, 2.75) is 81.6 Å². The Balaban J connectivity index is 3.13. The van der Waals surface area contributed by atoms with Crippen LogP contribution in [0.3, 0.4) is 0 Å². The number of halogens is 3. The Bertz CT molecular complexity index is 925. The zero-order valence-corrected chi connectivity index (χ0v) is 23.8. The van der Waals surface area contributed by atoms with Crippen LogP contribution in [0.5, 0.6) is 0 Å². The van der Waals surface area contributed by atoms with Crippen LogP contribution >= 0.6 is 34.8 Å². The van der Waals surface area contributed by atoms with E-state index < -0.39 is 64.2 Å². The van der Waals surface area contributed by atoms with E-state index in [1.54, 1.807) is 71.9 Å². The highest BCUT2D eigenvalue weighted by atomic mass is 35.6. The molecule has 2 amide bonds. The Kier molecular flexibility index (Phi) is 12.3. The average Bonchev–Trinajstić information content (AvgIpc) is 2.72. The van der Waals surface area contributed by atoms with E-state index in [2.05, 4.69) is 10.6 Å². The highest BCUT2D eigenvalue weighted by Gasteiger charge is 2.35. The summed E-state index contributed by atoms with van der Waals surface area (Å²) in [5.41, 5.74) is -1.09. The van der Waals surface area contributed by atoms with Crippen LogP contribution in [0.2, 0.25) is 0 Å². The number of benzene rings is 1. The minimum absolute atomic E-state index is 0.113. The fraction of sp³-hybridized carbons (Fsp3) is 0.583. The third-order valence-corrected chi connectivity index (χ3v) is 4.35. The molecule has 13 heteroatoms. The van der Waals surface area contributed by atoms with Crippen molar-refractivity contribution in [1.82, 2.24) is 10.6 Å². The van der Waals surface area contributed by atoms with E-state index in [9.17, 15) is 19.2 Å². The summed E-state index contributed by atoms with van der Waals surface area (Å²) in [7, 11) is 0. The van der Waals surface area contributed by atoms with Crippen molar-refractivity contribution in [3.05, 3.63) is 35.9 Å². The number of esters is 2. The molecular weight excluding hydrogens is 551 g/mol. The first-order valence-electron chi connectivity index (χ1n) is 11.3. The number of hydrogen-bond acceptors (Lipinski definition) is 8. The second kappa shape index (κ2) is 13.9. The van der Waals surface area contributed by atoms with Gasteiger partial charge in [0.1, 0.15) is 36.5 Å². The summed E-state index contributed by atoms with van der Waals surface area (Å²) in [4.78, 5) is 50.6. The highest BCUT2D eigenvalue weighted by molar-refractivity contribution is 6.67. The van der Waals surface area contributed by atoms with Gasteiger partial charge < -0.3 is 29.6 Å². The van der Waals surface area contributed by atoms with E-state index in [1.807, 2.05) is 0 Å². The summed E-state index contributed by atoms with van der Waals surface area (Å²) in [5, 5.41) is 4.67. The molecular formula is C24H33Cl3N2O8. The molecule has 0 saturated carbocycles. The second-order valence-corrected chi connectivity index (χ2v) is 12.5. The van der Waals surface area contributed by atoms with Gasteiger partial charge in [-0.1, -0.05) is 65.1 Å². The van der Waals surface area contributed by atoms with Crippen molar-refractivity contribution < 1.29 is 38.1 Å². The van der Waals surface area contributed by atoms with Crippen LogP contribution in [-0.2, 0) is 35.1 Å². The van der Waals surface area contributed by atoms with Crippen molar-refractivity contribution in [3.8, 4) is 0 Å². The van der Waals surface area contributed by atoms with Crippen LogP contribution in [0.15, 0.2) is 30.3 Å². The van der Waals surface area contributed by atoms with Crippen LogP contribution < -0.4 is 10.6 Å². The maximum absolute atomic E-state index is 12.9. The first-order valence-corrected chi connectivity index (χ1v) is 12.4. The van der Waals surface area contributed by atoms with Crippen molar-refractivity contribution in [1.29, 1.82) is 0 Å². The largest absolute Gasteiger partial charge is 0.459 e. The van der Waals surface area contributed by atoms with Crippen molar-refractivity contribution in [2.24, 2.45) is 0 Å². The van der Waals surface area contributed by atoms with Gasteiger partial charge in [0, 0.05) is 6.42 Å². The number of hydrogen-bond donors (Lipinski definition) is 2. The molecule has 2 N–H and O–H groups in total. The molecule has 0 spiro atoms. The normalized spacial score (nSPS) is 13.5. The number of ether oxygens (including phenoxy) is 4. The quantitative estimate of drug-likeness (QED) is 0.240. The zero-order chi connectivity index (χ0) is 28.4. The van der Waals surface area contributed by atoms with Crippen LogP contribution in [0, 0.1) is 0 Å². The van der Waals surface area contributed by atoms with Gasteiger partial charge in [0.25, 0.3) is 0 Å². The summed E-state index contributed by atoms with van der Waals surface area (Å²) in [6.07, 6.45) is -2.50. The van der Waals surface area contributed by atoms with Gasteiger partial charge >= 0.3 is 24.1 Å². The molecule has 0 radical (unpaired) electrons. The third kappa shape index (κ3) is 15.4. The summed E-state index contributed by atoms with van der Waals surface area (Å²) >= 11 is 16.8. The number of nitrogens with one attached hydrogen (secondary N) is 2. The van der Waals surface area contributed by atoms with E-state index in [0.717, 1.165) is 0 Å². The predicted octanol–water partition coefficient (Wildman–Crippen LogP) is 4.82. The molecule has 0 fully saturated rings. The summed E-state index contributed by atoms with van der Waals surface area (Å²) < 4.78 is 18.9. The SMILES string of the molecule is CC(C)(C)OC(=O)N[C@@H](C[C@H](NC(=O)OCC(Cl)(Cl)Cl)C(=O)OCc1ccccc1)C(=O)OC(C)(C)C. The molecule has 1 rings (SSSR count). The minimum atomic E-state index is -1.89. The first kappa shape index (κ1) is 32.6. The number of alkyl halides is 3. The minimum Gasteiger partial charge on any atom is -0.459 e. The van der Waals surface area contributed by atoms with Gasteiger partial charge in [-0.15, -0.1) is 0 Å². The molecule has 2 atom stereocenters. The molecule has 0 heterocycles. The number of alkyl carbamates (subject to hydrolysis) is 2. The Morgan fingerprint density at radius 2 is 1.27 bits per heavy atom. The predicted molar refractivity (Wildman–Crippen MR) is 138 cm³/mol. The van der Waals surface area contributed by atoms with E-state index in [1.165, 1.54) is 0 Å². The monoisotopic (exact) mass is 582 g/mol. The van der Waals surface area contributed by atoms with Gasteiger partial charge in [-0.05, 0) is 47.1 Å². The Morgan fingerprint density at radius 1 is 0.757 bits per heavy atom. The average molecular weight is 584 g/mol. The lowest BCUT2D eigenvalue weighted by Crippen LogP contribution is -2.52. The number of rotatable bonds is 9. The molecule has 0 unspecified atom stereocenters. The maximum Gasteiger partial charge on any atom is 0.408 e. The van der Waals surface area contributed by atoms with Gasteiger partial charge in [0.2, 0.25) is 3.79 Å². The van der Waals surface area contributed by atoms with Gasteiger partial charge in [0.15, 0.2) is 0 Å². The fourth-order valence-electron chi connectivity index (χ4n) is 2.65. The maximum atomic E-state index is 12.9. The van der Waals surface area contributed by atoms with Gasteiger partial charge in [-0.25, -0.2) is 19.2 Å². The number of amides is 2. The zero-order valence-electron chi connectivity index (χ0n) is 21.6. The molecule has 0 aliphatic carbocycles. The molecule has 0 saturated heterocycles. The molecule has 208 valence electrons. The molecule has 1 aromatic carbocycles. The van der Waals surface area contributed by atoms with E-state index in [0.29, 0.717) is 5.56 Å². The summed E-state index contributed by atoms with van der Waals surface area (Å²) in [6.45, 7) is 9.09. The molecule has 0 bridgehead atoms. The van der Waals surface area contributed by atoms with Crippen molar-refractivity contribution in [2.75, 3.05) is 6.61 Å². The van der Waals surface area contributed by atoms with Crippen LogP contribution in [0.25, 0.3) is 0 Å². The lowest BCUT2D eigenvalue weighted by Gasteiger charge is -2.28. The molecule has 0 aliphatic heterocycles. The van der Waals surface area contributed by atoms with Crippen LogP contribution in [0.4, 0.5) is 9.59 Å². The molecule has 1 aromatic rings. The lowest BCUT2D eigenvalue weighted by molar-refractivity contribution is -0.158. The van der Waals surface area contributed by atoms with Crippen molar-refractivity contribution >= 4 is 58.9 Å². The van der Waals surface area contributed by atoms with Gasteiger partial charge in [-0.2, -0.15) is 0 Å². The van der Waals surface area contributed by atoms with Gasteiger partial charge in [0.05, 0.1) is 0 Å². The second-order valence-electron chi connectivity index (χ2n) is 9.95. The Morgan fingerprint density at radius 3 is 1.78 bits per heavy atom. The molecule has 0 aliphatic rings. The first-order chi connectivity index (χ1) is 16.8. The van der Waals surface area contributed by atoms with Crippen molar-refractivity contribution in [3.63, 3.8) is 0 Å². The lowest BCUT2D eigenvalue weighted by atomic mass is 10.1. The van der Waals surface area contributed by atoms with E-state index in [4.69, 9.17) is 53.8 Å². The molecule has 10 nitrogen and oxygen atoms in total. The third-order valence-electron chi connectivity index (χ3n) is 4.02. The van der Waals surface area contributed by atoms with Crippen LogP contribution in [0.1, 0.15) is 53.5 Å². The molecule has 37 heavy (non-hydrogen) atoms.